The van der Waals surface area contributed by atoms with E-state index in [0.29, 0.717) is 18.5 Å². The van der Waals surface area contributed by atoms with Gasteiger partial charge in [0.05, 0.1) is 0 Å². The van der Waals surface area contributed by atoms with Crippen molar-refractivity contribution in [3.8, 4) is 0 Å². The number of dihydropyridines is 1. The lowest BCUT2D eigenvalue weighted by Gasteiger charge is -2.39. The van der Waals surface area contributed by atoms with E-state index >= 15 is 0 Å². The molecule has 1 aromatic carbocycles. The molecular weight excluding hydrogens is 416 g/mol. The number of benzene rings is 1. The fourth-order valence-corrected chi connectivity index (χ4v) is 5.22. The Balaban J connectivity index is 1.60. The van der Waals surface area contributed by atoms with Gasteiger partial charge in [-0.25, -0.2) is 0 Å². The lowest BCUT2D eigenvalue weighted by Crippen LogP contribution is -2.42. The minimum atomic E-state index is -0.775. The first-order valence-electron chi connectivity index (χ1n) is 12.0. The third-order valence-corrected chi connectivity index (χ3v) is 7.37. The summed E-state index contributed by atoms with van der Waals surface area (Å²) in [6.45, 7) is 9.84. The zero-order valence-corrected chi connectivity index (χ0v) is 20.6. The molecule has 0 saturated carbocycles. The maximum atomic E-state index is 13.4. The minimum absolute atomic E-state index is 0.0950. The molecule has 3 heterocycles. The highest BCUT2D eigenvalue weighted by molar-refractivity contribution is 5.97. The Morgan fingerprint density at radius 2 is 1.94 bits per heavy atom. The molecule has 0 aromatic heterocycles. The highest BCUT2D eigenvalue weighted by atomic mass is 16.5. The number of ether oxygens (including phenoxy) is 1. The second-order valence-corrected chi connectivity index (χ2v) is 9.85. The number of allylic oxidation sites excluding steroid dienone is 3. The van der Waals surface area contributed by atoms with Crippen LogP contribution >= 0.6 is 0 Å². The van der Waals surface area contributed by atoms with Gasteiger partial charge in [-0.1, -0.05) is 0 Å². The summed E-state index contributed by atoms with van der Waals surface area (Å²) in [7, 11) is 4.27. The van der Waals surface area contributed by atoms with Crippen molar-refractivity contribution in [2.45, 2.75) is 51.8 Å². The summed E-state index contributed by atoms with van der Waals surface area (Å²) in [4.78, 5) is 18.0. The Kier molecular flexibility index (Phi) is 7.12. The molecule has 2 saturated heterocycles. The smallest absolute Gasteiger partial charge is 0.251 e. The van der Waals surface area contributed by atoms with Gasteiger partial charge in [0.1, 0.15) is 6.23 Å². The monoisotopic (exact) mass is 454 g/mol. The van der Waals surface area contributed by atoms with Crippen molar-refractivity contribution in [1.82, 2.24) is 15.5 Å². The summed E-state index contributed by atoms with van der Waals surface area (Å²) in [6, 6.07) is 4.78. The molecule has 180 valence electrons. The predicted octanol–water partition coefficient (Wildman–Crippen LogP) is 2.51. The Hall–Kier alpha value is -2.35. The maximum absolute atomic E-state index is 13.4. The minimum Gasteiger partial charge on any atom is -0.381 e. The number of hydrogen-bond acceptors (Lipinski definition) is 6. The molecule has 7 heteroatoms. The maximum Gasteiger partial charge on any atom is 0.251 e. The molecule has 3 N–H and O–H groups in total. The number of amides is 1. The number of carbonyl (C=O) groups is 1. The molecule has 0 aliphatic carbocycles. The molecule has 4 rings (SSSR count). The second kappa shape index (κ2) is 9.87. The third-order valence-electron chi connectivity index (χ3n) is 7.37. The van der Waals surface area contributed by atoms with Gasteiger partial charge in [-0.15, -0.1) is 0 Å². The number of likely N-dealkylation sites (tertiary alicyclic amines) is 1. The number of nitrogens with zero attached hydrogens (tertiary/aromatic N) is 2. The number of aliphatic hydroxyl groups excluding tert-OH is 1. The normalized spacial score (nSPS) is 22.5. The lowest BCUT2D eigenvalue weighted by atomic mass is 9.88. The Bertz CT molecular complexity index is 959. The largest absolute Gasteiger partial charge is 0.381 e. The first-order valence-corrected chi connectivity index (χ1v) is 12.0. The Labute approximate surface area is 197 Å². The van der Waals surface area contributed by atoms with Crippen LogP contribution in [0.2, 0.25) is 0 Å². The van der Waals surface area contributed by atoms with Crippen LogP contribution in [0.4, 0.5) is 5.69 Å². The van der Waals surface area contributed by atoms with Gasteiger partial charge < -0.3 is 30.3 Å². The summed E-state index contributed by atoms with van der Waals surface area (Å²) in [5.41, 5.74) is 6.79. The molecule has 2 fully saturated rings. The van der Waals surface area contributed by atoms with E-state index < -0.39 is 6.23 Å². The van der Waals surface area contributed by atoms with Gasteiger partial charge in [0, 0.05) is 74.4 Å². The summed E-state index contributed by atoms with van der Waals surface area (Å²) in [5, 5.41) is 16.5. The van der Waals surface area contributed by atoms with E-state index in [2.05, 4.69) is 46.7 Å². The molecule has 3 aliphatic rings. The van der Waals surface area contributed by atoms with Crippen molar-refractivity contribution >= 4 is 11.6 Å². The fraction of sp³-hybridized carbons (Fsp3) is 0.577. The van der Waals surface area contributed by atoms with Crippen molar-refractivity contribution < 1.29 is 14.6 Å². The van der Waals surface area contributed by atoms with Crippen LogP contribution in [-0.2, 0) is 4.74 Å². The zero-order chi connectivity index (χ0) is 23.7. The van der Waals surface area contributed by atoms with Crippen LogP contribution in [0.15, 0.2) is 35.1 Å². The number of hydrogen-bond donors (Lipinski definition) is 3. The average molecular weight is 455 g/mol. The second-order valence-electron chi connectivity index (χ2n) is 9.85. The molecule has 7 nitrogen and oxygen atoms in total. The van der Waals surface area contributed by atoms with E-state index in [1.807, 2.05) is 26.8 Å². The topological polar surface area (TPSA) is 77.1 Å². The quantitative estimate of drug-likeness (QED) is 0.613. The molecule has 1 unspecified atom stereocenters. The van der Waals surface area contributed by atoms with E-state index in [9.17, 15) is 9.90 Å². The van der Waals surface area contributed by atoms with E-state index in [1.165, 1.54) is 5.56 Å². The number of carbonyl (C=O) groups excluding carboxylic acids is 1. The first kappa shape index (κ1) is 23.8. The summed E-state index contributed by atoms with van der Waals surface area (Å²) in [6.07, 6.45) is 3.22. The highest BCUT2D eigenvalue weighted by Crippen LogP contribution is 2.34. The number of likely N-dealkylation sites (N-methyl/N-ethyl adjacent to an activating group) is 1. The van der Waals surface area contributed by atoms with Gasteiger partial charge in [0.15, 0.2) is 0 Å². The van der Waals surface area contributed by atoms with Crippen molar-refractivity contribution in [2.24, 2.45) is 0 Å². The predicted molar refractivity (Wildman–Crippen MR) is 132 cm³/mol. The van der Waals surface area contributed by atoms with Crippen LogP contribution in [0.1, 0.15) is 54.1 Å². The average Bonchev–Trinajstić information content (AvgIpc) is 2.76. The molecule has 33 heavy (non-hydrogen) atoms. The van der Waals surface area contributed by atoms with Gasteiger partial charge in [0.2, 0.25) is 0 Å². The van der Waals surface area contributed by atoms with E-state index in [4.69, 9.17) is 4.74 Å². The Morgan fingerprint density at radius 3 is 2.58 bits per heavy atom. The molecular formula is C26H38N4O3. The van der Waals surface area contributed by atoms with Crippen LogP contribution in [-0.4, -0.2) is 75.1 Å². The van der Waals surface area contributed by atoms with Crippen LogP contribution in [0.5, 0.6) is 0 Å². The van der Waals surface area contributed by atoms with Crippen LogP contribution in [0, 0.1) is 6.92 Å². The van der Waals surface area contributed by atoms with Crippen molar-refractivity contribution in [1.29, 1.82) is 0 Å². The molecule has 0 spiro atoms. The van der Waals surface area contributed by atoms with E-state index in [1.54, 1.807) is 0 Å². The van der Waals surface area contributed by atoms with Crippen molar-refractivity contribution in [3.63, 3.8) is 0 Å². The molecule has 0 radical (unpaired) electrons. The third kappa shape index (κ3) is 5.10. The number of anilines is 1. The lowest BCUT2D eigenvalue weighted by molar-refractivity contribution is 0.0854. The van der Waals surface area contributed by atoms with Gasteiger partial charge in [0.25, 0.3) is 5.91 Å². The van der Waals surface area contributed by atoms with Gasteiger partial charge >= 0.3 is 0 Å². The SMILES string of the molecule is CC1=CC(C)=C(CNC(=O)c2cc(C3CN(C)C3)cc(N(C)C3CCOCC3)c2C)C(O)N1. The number of nitrogens with one attached hydrogen (secondary N) is 2. The molecule has 0 bridgehead atoms. The van der Waals surface area contributed by atoms with E-state index in [0.717, 1.165) is 72.8 Å². The summed E-state index contributed by atoms with van der Waals surface area (Å²) in [5.74, 6) is 0.355. The first-order chi connectivity index (χ1) is 15.7. The van der Waals surface area contributed by atoms with Gasteiger partial charge in [-0.2, -0.15) is 0 Å². The number of rotatable bonds is 6. The molecule has 3 aliphatic heterocycles. The van der Waals surface area contributed by atoms with E-state index in [-0.39, 0.29) is 5.91 Å². The molecule has 1 aromatic rings. The van der Waals surface area contributed by atoms with Crippen LogP contribution in [0.3, 0.4) is 0 Å². The Morgan fingerprint density at radius 1 is 1.24 bits per heavy atom. The molecule has 1 atom stereocenters. The fourth-order valence-electron chi connectivity index (χ4n) is 5.22. The summed E-state index contributed by atoms with van der Waals surface area (Å²) >= 11 is 0. The van der Waals surface area contributed by atoms with Gasteiger partial charge in [-0.05, 0) is 75.6 Å². The van der Waals surface area contributed by atoms with Crippen molar-refractivity contribution in [2.75, 3.05) is 51.8 Å². The zero-order valence-electron chi connectivity index (χ0n) is 20.6. The summed E-state index contributed by atoms with van der Waals surface area (Å²) < 4.78 is 5.56. The van der Waals surface area contributed by atoms with Crippen LogP contribution in [0.25, 0.3) is 0 Å². The van der Waals surface area contributed by atoms with Gasteiger partial charge in [-0.3, -0.25) is 4.79 Å². The van der Waals surface area contributed by atoms with Crippen molar-refractivity contribution in [3.05, 3.63) is 51.7 Å². The highest BCUT2D eigenvalue weighted by Gasteiger charge is 2.29. The van der Waals surface area contributed by atoms with Crippen LogP contribution < -0.4 is 15.5 Å². The number of aliphatic hydroxyl groups is 1. The standard InChI is InChI=1S/C26H38N4O3/c1-16-10-17(2)28-26(32)23(16)13-27-25(31)22-11-19(20-14-29(4)15-20)12-24(18(22)3)30(5)21-6-8-33-9-7-21/h10-12,20-21,26,28,32H,6-9,13-15H2,1-5H3,(H,27,31). The molecule has 1 amide bonds.